The zero-order chi connectivity index (χ0) is 15.2. The molecular formula is C19H33ClN2O. The molecule has 0 aromatic heterocycles. The van der Waals surface area contributed by atoms with Crippen molar-refractivity contribution in [3.05, 3.63) is 0 Å². The van der Waals surface area contributed by atoms with Crippen LogP contribution in [0.15, 0.2) is 0 Å². The average molecular weight is 341 g/mol. The second kappa shape index (κ2) is 6.92. The average Bonchev–Trinajstić information content (AvgIpc) is 2.46. The van der Waals surface area contributed by atoms with Gasteiger partial charge in [-0.25, -0.2) is 0 Å². The number of nitrogens with one attached hydrogen (secondary N) is 1. The highest BCUT2D eigenvalue weighted by atomic mass is 35.5. The summed E-state index contributed by atoms with van der Waals surface area (Å²) in [6.07, 6.45) is 11.8. The summed E-state index contributed by atoms with van der Waals surface area (Å²) in [6, 6.07) is 0. The smallest absolute Gasteiger partial charge is 0.223 e. The lowest BCUT2D eigenvalue weighted by molar-refractivity contribution is -0.140. The van der Waals surface area contributed by atoms with Gasteiger partial charge in [0.1, 0.15) is 0 Å². The molecule has 5 aliphatic rings. The van der Waals surface area contributed by atoms with E-state index in [2.05, 4.69) is 10.2 Å². The molecule has 4 aliphatic carbocycles. The van der Waals surface area contributed by atoms with Crippen LogP contribution in [0.2, 0.25) is 0 Å². The fourth-order valence-electron chi connectivity index (χ4n) is 6.61. The van der Waals surface area contributed by atoms with Crippen LogP contribution >= 0.6 is 12.4 Å². The molecule has 0 spiro atoms. The van der Waals surface area contributed by atoms with Crippen LogP contribution in [0.1, 0.15) is 57.8 Å². The standard InChI is InChI=1S/C19H32N2O.ClH/c1-20-13-14-2-4-21(5-3-14)18(22)12-19-9-15-6-16(10-19)8-17(7-15)11-19;/h14-17,20H,2-13H2,1H3;1H. The monoisotopic (exact) mass is 340 g/mol. The van der Waals surface area contributed by atoms with Crippen LogP contribution in [0, 0.1) is 29.1 Å². The first-order chi connectivity index (χ1) is 10.7. The van der Waals surface area contributed by atoms with Crippen molar-refractivity contribution in [1.29, 1.82) is 0 Å². The molecule has 1 N–H and O–H groups in total. The number of rotatable bonds is 4. The number of carbonyl (C=O) groups is 1. The number of likely N-dealkylation sites (tertiary alicyclic amines) is 1. The minimum atomic E-state index is 0. The Bertz CT molecular complexity index is 396. The summed E-state index contributed by atoms with van der Waals surface area (Å²) in [5.74, 6) is 4.12. The van der Waals surface area contributed by atoms with Crippen LogP contribution in [0.25, 0.3) is 0 Å². The van der Waals surface area contributed by atoms with Crippen molar-refractivity contribution in [1.82, 2.24) is 10.2 Å². The van der Waals surface area contributed by atoms with Crippen LogP contribution in [0.4, 0.5) is 0 Å². The Kier molecular flexibility index (Phi) is 5.27. The second-order valence-electron chi connectivity index (χ2n) is 8.98. The first-order valence-corrected chi connectivity index (χ1v) is 9.58. The largest absolute Gasteiger partial charge is 0.343 e. The van der Waals surface area contributed by atoms with Gasteiger partial charge in [0.15, 0.2) is 0 Å². The van der Waals surface area contributed by atoms with Crippen molar-refractivity contribution in [2.75, 3.05) is 26.7 Å². The zero-order valence-corrected chi connectivity index (χ0v) is 15.4. The molecule has 1 heterocycles. The number of amides is 1. The maximum atomic E-state index is 12.9. The van der Waals surface area contributed by atoms with Crippen molar-refractivity contribution in [2.45, 2.75) is 57.8 Å². The minimum absolute atomic E-state index is 0. The van der Waals surface area contributed by atoms with E-state index in [0.717, 1.165) is 49.7 Å². The third-order valence-electron chi connectivity index (χ3n) is 7.15. The fourth-order valence-corrected chi connectivity index (χ4v) is 6.61. The molecule has 4 saturated carbocycles. The van der Waals surface area contributed by atoms with Gasteiger partial charge in [0.25, 0.3) is 0 Å². The highest BCUT2D eigenvalue weighted by molar-refractivity contribution is 5.85. The summed E-state index contributed by atoms with van der Waals surface area (Å²) < 4.78 is 0. The molecule has 3 nitrogen and oxygen atoms in total. The maximum Gasteiger partial charge on any atom is 0.223 e. The lowest BCUT2D eigenvalue weighted by atomic mass is 9.49. The molecule has 5 fully saturated rings. The molecule has 132 valence electrons. The van der Waals surface area contributed by atoms with Crippen molar-refractivity contribution >= 4 is 18.3 Å². The molecule has 0 aromatic rings. The summed E-state index contributed by atoms with van der Waals surface area (Å²) in [6.45, 7) is 3.10. The highest BCUT2D eigenvalue weighted by Gasteiger charge is 2.51. The minimum Gasteiger partial charge on any atom is -0.343 e. The Labute approximate surface area is 147 Å². The van der Waals surface area contributed by atoms with E-state index < -0.39 is 0 Å². The first-order valence-electron chi connectivity index (χ1n) is 9.58. The molecule has 1 saturated heterocycles. The van der Waals surface area contributed by atoms with Gasteiger partial charge in [-0.2, -0.15) is 0 Å². The lowest BCUT2D eigenvalue weighted by Crippen LogP contribution is -2.49. The van der Waals surface area contributed by atoms with Crippen LogP contribution in [0.3, 0.4) is 0 Å². The van der Waals surface area contributed by atoms with Crippen LogP contribution in [0.5, 0.6) is 0 Å². The summed E-state index contributed by atoms with van der Waals surface area (Å²) in [7, 11) is 2.03. The summed E-state index contributed by atoms with van der Waals surface area (Å²) in [4.78, 5) is 15.0. The van der Waals surface area contributed by atoms with E-state index in [9.17, 15) is 4.79 Å². The van der Waals surface area contributed by atoms with Crippen molar-refractivity contribution in [3.8, 4) is 0 Å². The quantitative estimate of drug-likeness (QED) is 0.849. The molecule has 5 rings (SSSR count). The predicted molar refractivity (Wildman–Crippen MR) is 95.7 cm³/mol. The van der Waals surface area contributed by atoms with Crippen LogP contribution in [-0.4, -0.2) is 37.5 Å². The van der Waals surface area contributed by atoms with Gasteiger partial charge in [-0.15, -0.1) is 12.4 Å². The summed E-state index contributed by atoms with van der Waals surface area (Å²) in [5, 5.41) is 3.28. The second-order valence-corrected chi connectivity index (χ2v) is 8.98. The molecule has 4 heteroatoms. The first kappa shape index (κ1) is 17.5. The molecule has 0 unspecified atom stereocenters. The van der Waals surface area contributed by atoms with Gasteiger partial charge in [0.2, 0.25) is 5.91 Å². The molecule has 0 atom stereocenters. The van der Waals surface area contributed by atoms with Gasteiger partial charge in [0.05, 0.1) is 0 Å². The SMILES string of the molecule is CNCC1CCN(C(=O)CC23CC4CC(CC(C4)C2)C3)CC1.Cl. The van der Waals surface area contributed by atoms with E-state index in [1.807, 2.05) is 7.05 Å². The van der Waals surface area contributed by atoms with E-state index in [1.165, 1.54) is 51.4 Å². The Morgan fingerprint density at radius 1 is 1.04 bits per heavy atom. The van der Waals surface area contributed by atoms with Crippen molar-refractivity contribution < 1.29 is 4.79 Å². The normalized spacial score (nSPS) is 39.3. The molecular weight excluding hydrogens is 308 g/mol. The Balaban J connectivity index is 0.00000156. The third kappa shape index (κ3) is 3.56. The Hall–Kier alpha value is -0.280. The van der Waals surface area contributed by atoms with E-state index in [4.69, 9.17) is 0 Å². The number of piperidine rings is 1. The predicted octanol–water partition coefficient (Wildman–Crippen LogP) is 3.47. The van der Waals surface area contributed by atoms with Gasteiger partial charge < -0.3 is 10.2 Å². The Morgan fingerprint density at radius 2 is 1.57 bits per heavy atom. The molecule has 1 amide bonds. The van der Waals surface area contributed by atoms with E-state index >= 15 is 0 Å². The van der Waals surface area contributed by atoms with E-state index in [0.29, 0.717) is 11.3 Å². The maximum absolute atomic E-state index is 12.9. The van der Waals surface area contributed by atoms with Gasteiger partial charge in [-0.05, 0) is 94.0 Å². The molecule has 23 heavy (non-hydrogen) atoms. The topological polar surface area (TPSA) is 32.3 Å². The third-order valence-corrected chi connectivity index (χ3v) is 7.15. The fraction of sp³-hybridized carbons (Fsp3) is 0.947. The summed E-state index contributed by atoms with van der Waals surface area (Å²) >= 11 is 0. The van der Waals surface area contributed by atoms with Gasteiger partial charge in [-0.3, -0.25) is 4.79 Å². The number of carbonyl (C=O) groups excluding carboxylic acids is 1. The van der Waals surface area contributed by atoms with Crippen molar-refractivity contribution in [2.24, 2.45) is 29.1 Å². The van der Waals surface area contributed by atoms with Gasteiger partial charge in [0, 0.05) is 19.5 Å². The number of hydrogen-bond donors (Lipinski definition) is 1. The highest BCUT2D eigenvalue weighted by Crippen LogP contribution is 2.61. The zero-order valence-electron chi connectivity index (χ0n) is 14.6. The lowest BCUT2D eigenvalue weighted by Gasteiger charge is -2.57. The molecule has 4 bridgehead atoms. The molecule has 0 radical (unpaired) electrons. The van der Waals surface area contributed by atoms with Gasteiger partial charge in [-0.1, -0.05) is 0 Å². The van der Waals surface area contributed by atoms with Crippen LogP contribution < -0.4 is 5.32 Å². The van der Waals surface area contributed by atoms with E-state index in [1.54, 1.807) is 0 Å². The van der Waals surface area contributed by atoms with Gasteiger partial charge >= 0.3 is 0 Å². The number of halogens is 1. The molecule has 0 aromatic carbocycles. The van der Waals surface area contributed by atoms with Crippen molar-refractivity contribution in [3.63, 3.8) is 0 Å². The summed E-state index contributed by atoms with van der Waals surface area (Å²) in [5.41, 5.74) is 0.410. The number of nitrogens with zero attached hydrogens (tertiary/aromatic N) is 1. The Morgan fingerprint density at radius 3 is 2.04 bits per heavy atom. The van der Waals surface area contributed by atoms with E-state index in [-0.39, 0.29) is 12.4 Å². The van der Waals surface area contributed by atoms with Crippen LogP contribution in [-0.2, 0) is 4.79 Å². The number of hydrogen-bond acceptors (Lipinski definition) is 2. The molecule has 1 aliphatic heterocycles.